The maximum Gasteiger partial charge on any atom is 0.237 e. The molecule has 0 spiro atoms. The molecule has 4 nitrogen and oxygen atoms in total. The molecule has 3 heterocycles. The molecule has 94 valence electrons. The summed E-state index contributed by atoms with van der Waals surface area (Å²) < 4.78 is 7.39. The molecule has 0 amide bonds. The van der Waals surface area contributed by atoms with Gasteiger partial charge in [-0.1, -0.05) is 0 Å². The summed E-state index contributed by atoms with van der Waals surface area (Å²) in [4.78, 5) is 5.40. The number of thiophene rings is 1. The Morgan fingerprint density at radius 1 is 1.39 bits per heavy atom. The van der Waals surface area contributed by atoms with Crippen LogP contribution in [0, 0.1) is 0 Å². The number of methoxy groups -OCH3 is 1. The number of aromatic nitrogens is 2. The van der Waals surface area contributed by atoms with Gasteiger partial charge in [0.25, 0.3) is 0 Å². The summed E-state index contributed by atoms with van der Waals surface area (Å²) in [5.41, 5.74) is 2.38. The van der Waals surface area contributed by atoms with Crippen LogP contribution in [0.25, 0.3) is 4.96 Å². The lowest BCUT2D eigenvalue weighted by atomic mass is 10.3. The zero-order chi connectivity index (χ0) is 12.4. The van der Waals surface area contributed by atoms with Crippen molar-refractivity contribution in [2.45, 2.75) is 13.1 Å². The van der Waals surface area contributed by atoms with Gasteiger partial charge in [-0.25, -0.2) is 0 Å². The molecule has 3 aromatic rings. The lowest BCUT2D eigenvalue weighted by Gasteiger charge is -2.04. The van der Waals surface area contributed by atoms with Gasteiger partial charge in [0, 0.05) is 24.7 Å². The molecule has 0 aliphatic rings. The number of nitrogens with one attached hydrogen (secondary N) is 1. The minimum Gasteiger partial charge on any atom is -0.480 e. The Balaban J connectivity index is 1.74. The van der Waals surface area contributed by atoms with Crippen LogP contribution in [-0.2, 0) is 13.1 Å². The van der Waals surface area contributed by atoms with Gasteiger partial charge >= 0.3 is 0 Å². The van der Waals surface area contributed by atoms with Crippen molar-refractivity contribution in [3.05, 3.63) is 39.7 Å². The Kier molecular flexibility index (Phi) is 3.31. The first kappa shape index (κ1) is 11.7. The molecule has 0 aliphatic carbocycles. The van der Waals surface area contributed by atoms with Crippen molar-refractivity contribution < 1.29 is 4.74 Å². The van der Waals surface area contributed by atoms with Crippen molar-refractivity contribution in [2.24, 2.45) is 0 Å². The van der Waals surface area contributed by atoms with Gasteiger partial charge in [-0.3, -0.25) is 4.40 Å². The minimum atomic E-state index is 0.708. The Morgan fingerprint density at radius 2 is 2.33 bits per heavy atom. The molecular weight excluding hydrogens is 266 g/mol. The summed E-state index contributed by atoms with van der Waals surface area (Å²) in [5, 5.41) is 9.69. The van der Waals surface area contributed by atoms with Gasteiger partial charge < -0.3 is 10.1 Å². The van der Waals surface area contributed by atoms with Gasteiger partial charge in [0.1, 0.15) is 5.69 Å². The monoisotopic (exact) mass is 279 g/mol. The quantitative estimate of drug-likeness (QED) is 0.780. The lowest BCUT2D eigenvalue weighted by molar-refractivity contribution is 0.393. The van der Waals surface area contributed by atoms with E-state index in [0.29, 0.717) is 5.88 Å². The second-order valence-electron chi connectivity index (χ2n) is 3.86. The van der Waals surface area contributed by atoms with Gasteiger partial charge in [0.15, 0.2) is 4.96 Å². The maximum atomic E-state index is 5.31. The Bertz CT molecular complexity index is 627. The van der Waals surface area contributed by atoms with E-state index in [-0.39, 0.29) is 0 Å². The van der Waals surface area contributed by atoms with Gasteiger partial charge in [-0.2, -0.15) is 16.3 Å². The van der Waals surface area contributed by atoms with Crippen LogP contribution in [0.5, 0.6) is 5.88 Å². The van der Waals surface area contributed by atoms with E-state index in [1.54, 1.807) is 29.8 Å². The topological polar surface area (TPSA) is 38.6 Å². The summed E-state index contributed by atoms with van der Waals surface area (Å²) in [6, 6.07) is 2.13. The molecule has 0 unspecified atom stereocenters. The predicted molar refractivity (Wildman–Crippen MR) is 74.5 cm³/mol. The summed E-state index contributed by atoms with van der Waals surface area (Å²) in [7, 11) is 1.66. The molecule has 0 saturated heterocycles. The number of rotatable bonds is 5. The standard InChI is InChI=1S/C12H13N3OS2/c1-16-11-10(15-3-5-18-12(15)14-11)7-13-6-9-2-4-17-8-9/h2-5,8,13H,6-7H2,1H3. The highest BCUT2D eigenvalue weighted by molar-refractivity contribution is 7.15. The molecule has 1 N–H and O–H groups in total. The van der Waals surface area contributed by atoms with Crippen LogP contribution in [0.15, 0.2) is 28.4 Å². The van der Waals surface area contributed by atoms with E-state index in [4.69, 9.17) is 4.74 Å². The third kappa shape index (κ3) is 2.14. The number of thiazole rings is 1. The van der Waals surface area contributed by atoms with Crippen LogP contribution >= 0.6 is 22.7 Å². The molecule has 0 saturated carbocycles. The van der Waals surface area contributed by atoms with Crippen LogP contribution in [-0.4, -0.2) is 16.5 Å². The van der Waals surface area contributed by atoms with E-state index >= 15 is 0 Å². The fourth-order valence-corrected chi connectivity index (χ4v) is 3.25. The molecule has 6 heteroatoms. The van der Waals surface area contributed by atoms with Crippen LogP contribution in [0.2, 0.25) is 0 Å². The van der Waals surface area contributed by atoms with E-state index in [0.717, 1.165) is 23.7 Å². The molecule has 0 fully saturated rings. The summed E-state index contributed by atoms with van der Waals surface area (Å²) in [5.74, 6) is 0.708. The Morgan fingerprint density at radius 3 is 3.11 bits per heavy atom. The highest BCUT2D eigenvalue weighted by atomic mass is 32.1. The molecule has 18 heavy (non-hydrogen) atoms. The third-order valence-electron chi connectivity index (χ3n) is 2.72. The normalized spacial score (nSPS) is 11.2. The second-order valence-corrected chi connectivity index (χ2v) is 5.51. The summed E-state index contributed by atoms with van der Waals surface area (Å²) in [6.45, 7) is 1.61. The second kappa shape index (κ2) is 5.09. The van der Waals surface area contributed by atoms with E-state index in [1.807, 2.05) is 11.6 Å². The van der Waals surface area contributed by atoms with Crippen molar-refractivity contribution in [3.63, 3.8) is 0 Å². The molecule has 0 bridgehead atoms. The smallest absolute Gasteiger partial charge is 0.237 e. The van der Waals surface area contributed by atoms with Crippen LogP contribution in [0.4, 0.5) is 0 Å². The first-order valence-electron chi connectivity index (χ1n) is 5.58. The average Bonchev–Trinajstić information content (AvgIpc) is 3.06. The molecule has 0 aromatic carbocycles. The highest BCUT2D eigenvalue weighted by Crippen LogP contribution is 2.22. The summed E-state index contributed by atoms with van der Waals surface area (Å²) >= 11 is 3.33. The maximum absolute atomic E-state index is 5.31. The van der Waals surface area contributed by atoms with Gasteiger partial charge in [-0.05, 0) is 22.4 Å². The van der Waals surface area contributed by atoms with Crippen LogP contribution in [0.3, 0.4) is 0 Å². The zero-order valence-electron chi connectivity index (χ0n) is 9.92. The van der Waals surface area contributed by atoms with Crippen molar-refractivity contribution >= 4 is 27.6 Å². The molecule has 3 rings (SSSR count). The fourth-order valence-electron chi connectivity index (χ4n) is 1.86. The van der Waals surface area contributed by atoms with Crippen molar-refractivity contribution in [1.29, 1.82) is 0 Å². The summed E-state index contributed by atoms with van der Waals surface area (Å²) in [6.07, 6.45) is 2.02. The van der Waals surface area contributed by atoms with Crippen molar-refractivity contribution in [1.82, 2.24) is 14.7 Å². The van der Waals surface area contributed by atoms with Gasteiger partial charge in [0.2, 0.25) is 5.88 Å². The number of hydrogen-bond acceptors (Lipinski definition) is 5. The molecule has 0 radical (unpaired) electrons. The first-order valence-corrected chi connectivity index (χ1v) is 7.41. The van der Waals surface area contributed by atoms with E-state index < -0.39 is 0 Å². The van der Waals surface area contributed by atoms with Gasteiger partial charge in [0.05, 0.1) is 7.11 Å². The Hall–Kier alpha value is -1.37. The third-order valence-corrected chi connectivity index (χ3v) is 4.21. The largest absolute Gasteiger partial charge is 0.480 e. The minimum absolute atomic E-state index is 0.708. The number of fused-ring (bicyclic) bond motifs is 1. The van der Waals surface area contributed by atoms with E-state index in [1.165, 1.54) is 5.56 Å². The van der Waals surface area contributed by atoms with Crippen LogP contribution in [0.1, 0.15) is 11.3 Å². The number of ether oxygens (including phenoxy) is 1. The van der Waals surface area contributed by atoms with Crippen molar-refractivity contribution in [3.8, 4) is 5.88 Å². The first-order chi connectivity index (χ1) is 8.88. The molecule has 3 aromatic heterocycles. The van der Waals surface area contributed by atoms with Crippen molar-refractivity contribution in [2.75, 3.05) is 7.11 Å². The fraction of sp³-hybridized carbons (Fsp3) is 0.250. The molecule has 0 aliphatic heterocycles. The number of imidazole rings is 1. The number of nitrogens with zero attached hydrogens (tertiary/aromatic N) is 2. The molecular formula is C12H13N3OS2. The van der Waals surface area contributed by atoms with Crippen LogP contribution < -0.4 is 10.1 Å². The predicted octanol–water partition coefficient (Wildman–Crippen LogP) is 2.76. The highest BCUT2D eigenvalue weighted by Gasteiger charge is 2.12. The zero-order valence-corrected chi connectivity index (χ0v) is 11.6. The average molecular weight is 279 g/mol. The van der Waals surface area contributed by atoms with E-state index in [2.05, 4.69) is 31.5 Å². The Labute approximate surface area is 113 Å². The lowest BCUT2D eigenvalue weighted by Crippen LogP contribution is -2.14. The van der Waals surface area contributed by atoms with E-state index in [9.17, 15) is 0 Å². The SMILES string of the molecule is COc1nc2sccn2c1CNCc1ccsc1. The molecule has 0 atom stereocenters. The van der Waals surface area contributed by atoms with Gasteiger partial charge in [-0.15, -0.1) is 11.3 Å². The number of hydrogen-bond donors (Lipinski definition) is 1.